The molecule has 0 unspecified atom stereocenters. The molecule has 1 saturated heterocycles. The van der Waals surface area contributed by atoms with Gasteiger partial charge in [-0.1, -0.05) is 30.3 Å². The third kappa shape index (κ3) is 6.51. The molecule has 1 aliphatic heterocycles. The molecule has 1 aliphatic rings. The van der Waals surface area contributed by atoms with Gasteiger partial charge >= 0.3 is 5.97 Å². The van der Waals surface area contributed by atoms with Gasteiger partial charge in [-0.15, -0.1) is 0 Å². The van der Waals surface area contributed by atoms with Gasteiger partial charge < -0.3 is 19.7 Å². The van der Waals surface area contributed by atoms with Crippen molar-refractivity contribution in [2.75, 3.05) is 44.4 Å². The van der Waals surface area contributed by atoms with Gasteiger partial charge in [0.15, 0.2) is 6.61 Å². The van der Waals surface area contributed by atoms with Crippen molar-refractivity contribution in [2.24, 2.45) is 0 Å². The summed E-state index contributed by atoms with van der Waals surface area (Å²) >= 11 is 0. The maximum absolute atomic E-state index is 12.6. The van der Waals surface area contributed by atoms with Crippen LogP contribution in [0.1, 0.15) is 22.3 Å². The van der Waals surface area contributed by atoms with Gasteiger partial charge in [0.2, 0.25) is 0 Å². The van der Waals surface area contributed by atoms with E-state index in [0.29, 0.717) is 38.5 Å². The Kier molecular flexibility index (Phi) is 7.94. The Bertz CT molecular complexity index is 913. The lowest BCUT2D eigenvalue weighted by molar-refractivity contribution is -0.384. The molecule has 164 valence electrons. The van der Waals surface area contributed by atoms with Crippen molar-refractivity contribution in [1.82, 2.24) is 5.32 Å². The number of anilines is 1. The Hall–Kier alpha value is -3.46. The lowest BCUT2D eigenvalue weighted by Crippen LogP contribution is -2.37. The van der Waals surface area contributed by atoms with Crippen LogP contribution >= 0.6 is 0 Å². The first-order valence-electron chi connectivity index (χ1n) is 10.1. The third-order valence-electron chi connectivity index (χ3n) is 4.90. The number of non-ortho nitro benzene ring substituents is 1. The van der Waals surface area contributed by atoms with Crippen molar-refractivity contribution in [3.63, 3.8) is 0 Å². The standard InChI is InChI=1S/C22H25N3O6/c26-21(23-10-4-7-17-5-2-1-3-6-17)16-31-22(27)19-15-18(25(28)29)8-9-20(19)24-11-13-30-14-12-24/h1-3,5-6,8-9,15H,4,7,10-14,16H2,(H,23,26). The number of carbonyl (C=O) groups excluding carboxylic acids is 2. The number of morpholine rings is 1. The highest BCUT2D eigenvalue weighted by atomic mass is 16.6. The van der Waals surface area contributed by atoms with Crippen LogP contribution in [0, 0.1) is 10.1 Å². The number of nitro benzene ring substituents is 1. The number of nitrogens with one attached hydrogen (secondary N) is 1. The summed E-state index contributed by atoms with van der Waals surface area (Å²) < 4.78 is 10.5. The van der Waals surface area contributed by atoms with Crippen LogP contribution in [0.4, 0.5) is 11.4 Å². The summed E-state index contributed by atoms with van der Waals surface area (Å²) in [5, 5.41) is 13.9. The molecule has 1 fully saturated rings. The fraction of sp³-hybridized carbons (Fsp3) is 0.364. The number of nitro groups is 1. The van der Waals surface area contributed by atoms with Crippen molar-refractivity contribution in [3.8, 4) is 0 Å². The van der Waals surface area contributed by atoms with Crippen LogP contribution in [0.25, 0.3) is 0 Å². The Morgan fingerprint density at radius 1 is 1.13 bits per heavy atom. The van der Waals surface area contributed by atoms with Crippen LogP contribution in [0.15, 0.2) is 48.5 Å². The smallest absolute Gasteiger partial charge is 0.341 e. The molecule has 31 heavy (non-hydrogen) atoms. The second kappa shape index (κ2) is 11.1. The monoisotopic (exact) mass is 427 g/mol. The minimum atomic E-state index is -0.773. The number of amides is 1. The van der Waals surface area contributed by atoms with Crippen molar-refractivity contribution in [3.05, 3.63) is 69.8 Å². The van der Waals surface area contributed by atoms with Gasteiger partial charge in [0, 0.05) is 31.8 Å². The summed E-state index contributed by atoms with van der Waals surface area (Å²) in [5.74, 6) is -1.19. The highest BCUT2D eigenvalue weighted by Crippen LogP contribution is 2.27. The van der Waals surface area contributed by atoms with E-state index >= 15 is 0 Å². The van der Waals surface area contributed by atoms with Gasteiger partial charge in [-0.2, -0.15) is 0 Å². The van der Waals surface area contributed by atoms with Crippen LogP contribution in [-0.2, 0) is 20.7 Å². The summed E-state index contributed by atoms with van der Waals surface area (Å²) in [4.78, 5) is 37.1. The van der Waals surface area contributed by atoms with Gasteiger partial charge in [-0.05, 0) is 24.5 Å². The van der Waals surface area contributed by atoms with E-state index in [9.17, 15) is 19.7 Å². The molecule has 0 spiro atoms. The molecule has 2 aromatic rings. The number of aryl methyl sites for hydroxylation is 1. The maximum atomic E-state index is 12.6. The van der Waals surface area contributed by atoms with Gasteiger partial charge in [-0.25, -0.2) is 4.79 Å². The van der Waals surface area contributed by atoms with Gasteiger partial charge in [0.1, 0.15) is 0 Å². The van der Waals surface area contributed by atoms with Crippen molar-refractivity contribution >= 4 is 23.3 Å². The van der Waals surface area contributed by atoms with E-state index in [1.807, 2.05) is 35.2 Å². The first kappa shape index (κ1) is 22.2. The average Bonchev–Trinajstić information content (AvgIpc) is 2.81. The van der Waals surface area contributed by atoms with Crippen molar-refractivity contribution < 1.29 is 24.0 Å². The van der Waals surface area contributed by atoms with Crippen LogP contribution in [0.5, 0.6) is 0 Å². The number of rotatable bonds is 9. The number of benzene rings is 2. The molecule has 2 aromatic carbocycles. The lowest BCUT2D eigenvalue weighted by Gasteiger charge is -2.30. The van der Waals surface area contributed by atoms with Crippen LogP contribution in [-0.4, -0.2) is 56.3 Å². The zero-order chi connectivity index (χ0) is 22.1. The highest BCUT2D eigenvalue weighted by Gasteiger charge is 2.23. The SMILES string of the molecule is O=C(COC(=O)c1cc([N+](=O)[O-])ccc1N1CCOCC1)NCCCc1ccccc1. The minimum Gasteiger partial charge on any atom is -0.452 e. The lowest BCUT2D eigenvalue weighted by atomic mass is 10.1. The molecule has 1 amide bonds. The van der Waals surface area contributed by atoms with E-state index in [2.05, 4.69) is 5.32 Å². The predicted octanol–water partition coefficient (Wildman–Crippen LogP) is 2.34. The number of esters is 1. The van der Waals surface area contributed by atoms with Crippen LogP contribution < -0.4 is 10.2 Å². The molecule has 0 atom stereocenters. The molecule has 9 heteroatoms. The van der Waals surface area contributed by atoms with Crippen molar-refractivity contribution in [1.29, 1.82) is 0 Å². The van der Waals surface area contributed by atoms with E-state index in [-0.39, 0.29) is 11.3 Å². The van der Waals surface area contributed by atoms with Gasteiger partial charge in [0.25, 0.3) is 11.6 Å². The van der Waals surface area contributed by atoms with E-state index in [1.54, 1.807) is 0 Å². The largest absolute Gasteiger partial charge is 0.452 e. The first-order chi connectivity index (χ1) is 15.0. The Morgan fingerprint density at radius 2 is 1.87 bits per heavy atom. The highest BCUT2D eigenvalue weighted by molar-refractivity contribution is 5.97. The average molecular weight is 427 g/mol. The first-order valence-corrected chi connectivity index (χ1v) is 10.1. The molecule has 9 nitrogen and oxygen atoms in total. The maximum Gasteiger partial charge on any atom is 0.341 e. The third-order valence-corrected chi connectivity index (χ3v) is 4.90. The zero-order valence-corrected chi connectivity index (χ0v) is 17.1. The number of hydrogen-bond donors (Lipinski definition) is 1. The molecule has 0 saturated carbocycles. The fourth-order valence-electron chi connectivity index (χ4n) is 3.31. The molecule has 3 rings (SSSR count). The molecular weight excluding hydrogens is 402 g/mol. The summed E-state index contributed by atoms with van der Waals surface area (Å²) in [7, 11) is 0. The van der Waals surface area contributed by atoms with E-state index in [0.717, 1.165) is 12.8 Å². The fourth-order valence-corrected chi connectivity index (χ4v) is 3.31. The molecule has 0 bridgehead atoms. The topological polar surface area (TPSA) is 111 Å². The molecular formula is C22H25N3O6. The Balaban J connectivity index is 1.54. The van der Waals surface area contributed by atoms with Gasteiger partial charge in [-0.3, -0.25) is 14.9 Å². The number of hydrogen-bond acceptors (Lipinski definition) is 7. The minimum absolute atomic E-state index is 0.0629. The molecule has 0 aromatic heterocycles. The Labute approximate surface area is 180 Å². The molecule has 1 N–H and O–H groups in total. The second-order valence-corrected chi connectivity index (χ2v) is 7.07. The number of nitrogens with zero attached hydrogens (tertiary/aromatic N) is 2. The van der Waals surface area contributed by atoms with E-state index in [4.69, 9.17) is 9.47 Å². The summed E-state index contributed by atoms with van der Waals surface area (Å²) in [6.45, 7) is 2.12. The molecule has 1 heterocycles. The quantitative estimate of drug-likeness (QED) is 0.283. The number of ether oxygens (including phenoxy) is 2. The molecule has 0 radical (unpaired) electrons. The molecule has 0 aliphatic carbocycles. The summed E-state index contributed by atoms with van der Waals surface area (Å²) in [6, 6.07) is 14.0. The van der Waals surface area contributed by atoms with E-state index < -0.39 is 23.4 Å². The summed E-state index contributed by atoms with van der Waals surface area (Å²) in [5.41, 5.74) is 1.56. The van der Waals surface area contributed by atoms with E-state index in [1.165, 1.54) is 23.8 Å². The number of carbonyl (C=O) groups is 2. The summed E-state index contributed by atoms with van der Waals surface area (Å²) in [6.07, 6.45) is 1.59. The van der Waals surface area contributed by atoms with Crippen LogP contribution in [0.2, 0.25) is 0 Å². The normalized spacial score (nSPS) is 13.5. The van der Waals surface area contributed by atoms with Crippen molar-refractivity contribution in [2.45, 2.75) is 12.8 Å². The predicted molar refractivity (Wildman–Crippen MR) is 114 cm³/mol. The Morgan fingerprint density at radius 3 is 2.58 bits per heavy atom. The van der Waals surface area contributed by atoms with Crippen LogP contribution in [0.3, 0.4) is 0 Å². The second-order valence-electron chi connectivity index (χ2n) is 7.07. The van der Waals surface area contributed by atoms with Gasteiger partial charge in [0.05, 0.1) is 29.4 Å². The zero-order valence-electron chi connectivity index (χ0n) is 17.1.